The Morgan fingerprint density at radius 3 is 2.85 bits per heavy atom. The van der Waals surface area contributed by atoms with E-state index in [4.69, 9.17) is 5.73 Å². The summed E-state index contributed by atoms with van der Waals surface area (Å²) in [5.41, 5.74) is 5.75. The highest BCUT2D eigenvalue weighted by atomic mass is 19.1. The molecule has 0 bridgehead atoms. The maximum absolute atomic E-state index is 12.9. The van der Waals surface area contributed by atoms with Gasteiger partial charge in [-0.1, -0.05) is 13.0 Å². The Kier molecular flexibility index (Phi) is 3.88. The van der Waals surface area contributed by atoms with Gasteiger partial charge in [0, 0.05) is 25.7 Å². The Morgan fingerprint density at radius 2 is 2.31 bits per heavy atom. The molecule has 76 valence electrons. The Bertz CT molecular complexity index is 189. The first-order valence-corrected chi connectivity index (χ1v) is 4.92. The molecule has 0 aromatic rings. The van der Waals surface area contributed by atoms with Crippen molar-refractivity contribution in [2.24, 2.45) is 11.7 Å². The van der Waals surface area contributed by atoms with Crippen LogP contribution in [0.5, 0.6) is 0 Å². The van der Waals surface area contributed by atoms with Gasteiger partial charge < -0.3 is 5.73 Å². The first kappa shape index (κ1) is 10.7. The Balaban J connectivity index is 2.34. The number of hydrogen-bond donors (Lipinski definition) is 1. The van der Waals surface area contributed by atoms with Crippen molar-refractivity contribution in [1.82, 2.24) is 4.90 Å². The van der Waals surface area contributed by atoms with Crippen LogP contribution < -0.4 is 5.73 Å². The van der Waals surface area contributed by atoms with Gasteiger partial charge in [0.1, 0.15) is 5.83 Å². The average Bonchev–Trinajstić information content (AvgIpc) is 2.04. The predicted molar refractivity (Wildman–Crippen MR) is 53.1 cm³/mol. The van der Waals surface area contributed by atoms with Gasteiger partial charge in [0.2, 0.25) is 0 Å². The fraction of sp³-hybridized carbons (Fsp3) is 0.800. The third-order valence-electron chi connectivity index (χ3n) is 2.63. The Labute approximate surface area is 79.6 Å². The van der Waals surface area contributed by atoms with Crippen molar-refractivity contribution in [2.45, 2.75) is 26.3 Å². The second-order valence-corrected chi connectivity index (χ2v) is 4.01. The minimum absolute atomic E-state index is 0.00289. The van der Waals surface area contributed by atoms with Gasteiger partial charge in [-0.2, -0.15) is 0 Å². The first-order valence-electron chi connectivity index (χ1n) is 4.92. The fourth-order valence-electron chi connectivity index (χ4n) is 1.49. The van der Waals surface area contributed by atoms with Crippen molar-refractivity contribution in [3.8, 4) is 0 Å². The van der Waals surface area contributed by atoms with Gasteiger partial charge in [-0.25, -0.2) is 4.39 Å². The van der Waals surface area contributed by atoms with Gasteiger partial charge in [-0.3, -0.25) is 4.90 Å². The summed E-state index contributed by atoms with van der Waals surface area (Å²) in [5, 5.41) is 0. The van der Waals surface area contributed by atoms with Gasteiger partial charge in [0.05, 0.1) is 0 Å². The molecule has 0 aromatic carbocycles. The smallest absolute Gasteiger partial charge is 0.110 e. The largest absolute Gasteiger partial charge is 0.328 e. The van der Waals surface area contributed by atoms with Crippen molar-refractivity contribution in [3.63, 3.8) is 0 Å². The van der Waals surface area contributed by atoms with E-state index in [1.54, 1.807) is 6.08 Å². The SMILES string of the molecule is CC(N)C(C)CN1CCC=C(F)C1. The highest BCUT2D eigenvalue weighted by molar-refractivity contribution is 4.99. The van der Waals surface area contributed by atoms with E-state index >= 15 is 0 Å². The maximum Gasteiger partial charge on any atom is 0.110 e. The zero-order valence-corrected chi connectivity index (χ0v) is 8.46. The fourth-order valence-corrected chi connectivity index (χ4v) is 1.49. The lowest BCUT2D eigenvalue weighted by molar-refractivity contribution is 0.222. The number of rotatable bonds is 3. The summed E-state index contributed by atoms with van der Waals surface area (Å²) >= 11 is 0. The zero-order chi connectivity index (χ0) is 9.84. The van der Waals surface area contributed by atoms with Crippen LogP contribution in [-0.4, -0.2) is 30.6 Å². The lowest BCUT2D eigenvalue weighted by Gasteiger charge is -2.28. The van der Waals surface area contributed by atoms with Crippen LogP contribution in [0.4, 0.5) is 4.39 Å². The topological polar surface area (TPSA) is 29.3 Å². The molecule has 0 aromatic heterocycles. The third kappa shape index (κ3) is 3.44. The van der Waals surface area contributed by atoms with Crippen LogP contribution in [-0.2, 0) is 0 Å². The highest BCUT2D eigenvalue weighted by Gasteiger charge is 2.16. The lowest BCUT2D eigenvalue weighted by atomic mass is 10.0. The van der Waals surface area contributed by atoms with Crippen molar-refractivity contribution < 1.29 is 4.39 Å². The Morgan fingerprint density at radius 1 is 1.62 bits per heavy atom. The minimum atomic E-state index is 0.00289. The number of nitrogens with two attached hydrogens (primary N) is 1. The van der Waals surface area contributed by atoms with Crippen molar-refractivity contribution in [3.05, 3.63) is 11.9 Å². The molecule has 0 aliphatic carbocycles. The molecule has 1 rings (SSSR count). The standard InChI is InChI=1S/C10H19FN2/c1-8(9(2)12)6-13-5-3-4-10(11)7-13/h4,8-9H,3,5-7,12H2,1-2H3. The van der Waals surface area contributed by atoms with Crippen molar-refractivity contribution >= 4 is 0 Å². The van der Waals surface area contributed by atoms with E-state index in [0.29, 0.717) is 12.5 Å². The summed E-state index contributed by atoms with van der Waals surface area (Å²) in [4.78, 5) is 2.13. The molecule has 0 saturated carbocycles. The normalized spacial score (nSPS) is 23.8. The van der Waals surface area contributed by atoms with Gasteiger partial charge in [0.15, 0.2) is 0 Å². The lowest BCUT2D eigenvalue weighted by Crippen LogP contribution is -2.38. The van der Waals surface area contributed by atoms with E-state index in [1.165, 1.54) is 0 Å². The molecular weight excluding hydrogens is 167 g/mol. The summed E-state index contributed by atoms with van der Waals surface area (Å²) in [6, 6.07) is 0.189. The van der Waals surface area contributed by atoms with E-state index in [0.717, 1.165) is 19.5 Å². The van der Waals surface area contributed by atoms with E-state index in [9.17, 15) is 4.39 Å². The van der Waals surface area contributed by atoms with Crippen molar-refractivity contribution in [2.75, 3.05) is 19.6 Å². The first-order chi connectivity index (χ1) is 6.09. The number of hydrogen-bond acceptors (Lipinski definition) is 2. The Hall–Kier alpha value is -0.410. The second-order valence-electron chi connectivity index (χ2n) is 4.01. The molecule has 0 saturated heterocycles. The van der Waals surface area contributed by atoms with E-state index < -0.39 is 0 Å². The summed E-state index contributed by atoms with van der Waals surface area (Å²) < 4.78 is 12.9. The van der Waals surface area contributed by atoms with Crippen LogP contribution in [0.1, 0.15) is 20.3 Å². The van der Waals surface area contributed by atoms with Gasteiger partial charge in [-0.15, -0.1) is 0 Å². The average molecular weight is 186 g/mol. The summed E-state index contributed by atoms with van der Waals surface area (Å²) in [6.07, 6.45) is 2.50. The quantitative estimate of drug-likeness (QED) is 0.724. The van der Waals surface area contributed by atoms with Gasteiger partial charge >= 0.3 is 0 Å². The van der Waals surface area contributed by atoms with Crippen molar-refractivity contribution in [1.29, 1.82) is 0 Å². The van der Waals surface area contributed by atoms with Crippen LogP contribution in [0, 0.1) is 5.92 Å². The molecule has 2 N–H and O–H groups in total. The second kappa shape index (κ2) is 4.72. The summed E-state index contributed by atoms with van der Waals surface area (Å²) in [7, 11) is 0. The molecule has 1 heterocycles. The molecule has 1 aliphatic rings. The zero-order valence-electron chi connectivity index (χ0n) is 8.46. The van der Waals surface area contributed by atoms with Gasteiger partial charge in [0.25, 0.3) is 0 Å². The van der Waals surface area contributed by atoms with Crippen LogP contribution in [0.2, 0.25) is 0 Å². The van der Waals surface area contributed by atoms with E-state index in [1.807, 2.05) is 6.92 Å². The summed E-state index contributed by atoms with van der Waals surface area (Å²) in [5.74, 6) is 0.439. The predicted octanol–water partition coefficient (Wildman–Crippen LogP) is 1.53. The number of halogens is 1. The highest BCUT2D eigenvalue weighted by Crippen LogP contribution is 2.13. The van der Waals surface area contributed by atoms with Crippen LogP contribution in [0.25, 0.3) is 0 Å². The molecule has 2 atom stereocenters. The molecule has 2 unspecified atom stereocenters. The van der Waals surface area contributed by atoms with Crippen LogP contribution in [0.15, 0.2) is 11.9 Å². The molecule has 2 nitrogen and oxygen atoms in total. The number of nitrogens with zero attached hydrogens (tertiary/aromatic N) is 1. The molecule has 13 heavy (non-hydrogen) atoms. The molecule has 1 aliphatic heterocycles. The molecule has 0 amide bonds. The molecule has 0 spiro atoms. The molecule has 0 fully saturated rings. The van der Waals surface area contributed by atoms with Gasteiger partial charge in [-0.05, 0) is 19.3 Å². The molecule has 0 radical (unpaired) electrons. The summed E-state index contributed by atoms with van der Waals surface area (Å²) in [6.45, 7) is 6.45. The van der Waals surface area contributed by atoms with Crippen LogP contribution >= 0.6 is 0 Å². The molecular formula is C10H19FN2. The molecule has 3 heteroatoms. The minimum Gasteiger partial charge on any atom is -0.328 e. The van der Waals surface area contributed by atoms with E-state index in [2.05, 4.69) is 11.8 Å². The maximum atomic E-state index is 12.9. The third-order valence-corrected chi connectivity index (χ3v) is 2.63. The monoisotopic (exact) mass is 186 g/mol. The van der Waals surface area contributed by atoms with Crippen LogP contribution in [0.3, 0.4) is 0 Å². The van der Waals surface area contributed by atoms with E-state index in [-0.39, 0.29) is 11.9 Å².